The molecule has 0 aromatic carbocycles. The molecule has 1 saturated heterocycles. The zero-order chi connectivity index (χ0) is 15.5. The van der Waals surface area contributed by atoms with Crippen molar-refractivity contribution in [1.82, 2.24) is 15.1 Å². The zero-order valence-electron chi connectivity index (χ0n) is 13.7. The van der Waals surface area contributed by atoms with Crippen LogP contribution in [0.4, 0.5) is 0 Å². The van der Waals surface area contributed by atoms with Crippen LogP contribution >= 0.6 is 15.9 Å². The van der Waals surface area contributed by atoms with Crippen LogP contribution in [0.5, 0.6) is 0 Å². The second-order valence-electron chi connectivity index (χ2n) is 6.83. The van der Waals surface area contributed by atoms with Crippen molar-refractivity contribution in [3.63, 3.8) is 0 Å². The molecule has 2 heterocycles. The quantitative estimate of drug-likeness (QED) is 0.850. The van der Waals surface area contributed by atoms with E-state index in [-0.39, 0.29) is 5.41 Å². The maximum atomic E-state index is 5.82. The maximum Gasteiger partial charge on any atom is 0.0738 e. The SMILES string of the molecule is Cc1nn(C)c(CC2(CNCC(C)C)CCCOC2)c1Br. The summed E-state index contributed by atoms with van der Waals surface area (Å²) in [5.41, 5.74) is 2.54. The highest BCUT2D eigenvalue weighted by Gasteiger charge is 2.34. The Morgan fingerprint density at radius 2 is 2.24 bits per heavy atom. The Hall–Kier alpha value is -0.390. The summed E-state index contributed by atoms with van der Waals surface area (Å²) < 4.78 is 8.98. The normalized spacial score (nSPS) is 23.0. The minimum absolute atomic E-state index is 0.190. The van der Waals surface area contributed by atoms with Crippen molar-refractivity contribution in [3.8, 4) is 0 Å². The van der Waals surface area contributed by atoms with Crippen molar-refractivity contribution in [2.45, 2.75) is 40.0 Å². The van der Waals surface area contributed by atoms with Gasteiger partial charge in [0.2, 0.25) is 0 Å². The first-order valence-corrected chi connectivity index (χ1v) is 8.69. The van der Waals surface area contributed by atoms with Crippen molar-refractivity contribution in [2.75, 3.05) is 26.3 Å². The third-order valence-corrected chi connectivity index (χ3v) is 5.29. The molecular formula is C16H28BrN3O. The molecule has 1 atom stereocenters. The van der Waals surface area contributed by atoms with Crippen molar-refractivity contribution in [3.05, 3.63) is 15.9 Å². The van der Waals surface area contributed by atoms with E-state index in [4.69, 9.17) is 4.74 Å². The molecule has 1 aliphatic rings. The zero-order valence-corrected chi connectivity index (χ0v) is 15.3. The van der Waals surface area contributed by atoms with Gasteiger partial charge in [0.15, 0.2) is 0 Å². The van der Waals surface area contributed by atoms with E-state index in [2.05, 4.69) is 47.1 Å². The van der Waals surface area contributed by atoms with Crippen LogP contribution < -0.4 is 5.32 Å². The average molecular weight is 358 g/mol. The molecule has 21 heavy (non-hydrogen) atoms. The second kappa shape index (κ2) is 7.25. The maximum absolute atomic E-state index is 5.82. The summed E-state index contributed by atoms with van der Waals surface area (Å²) in [4.78, 5) is 0. The average Bonchev–Trinajstić information content (AvgIpc) is 2.66. The highest BCUT2D eigenvalue weighted by molar-refractivity contribution is 9.10. The molecule has 0 spiro atoms. The predicted molar refractivity (Wildman–Crippen MR) is 89.5 cm³/mol. The highest BCUT2D eigenvalue weighted by Crippen LogP contribution is 2.35. The van der Waals surface area contributed by atoms with Gasteiger partial charge in [-0.15, -0.1) is 0 Å². The third kappa shape index (κ3) is 4.30. The lowest BCUT2D eigenvalue weighted by molar-refractivity contribution is -0.00837. The van der Waals surface area contributed by atoms with Gasteiger partial charge in [-0.2, -0.15) is 5.10 Å². The van der Waals surface area contributed by atoms with E-state index in [1.807, 2.05) is 11.7 Å². The first-order chi connectivity index (χ1) is 9.93. The van der Waals surface area contributed by atoms with Gasteiger partial charge in [-0.05, 0) is 54.6 Å². The lowest BCUT2D eigenvalue weighted by Gasteiger charge is -2.37. The number of rotatable bonds is 6. The Labute approximate surface area is 136 Å². The standard InChI is InChI=1S/C16H28BrN3O/c1-12(2)9-18-10-16(6-5-7-21-11-16)8-14-15(17)13(3)19-20(14)4/h12,18H,5-11H2,1-4H3. The van der Waals surface area contributed by atoms with Crippen LogP contribution in [0.3, 0.4) is 0 Å². The molecule has 1 aromatic rings. The Balaban J connectivity index is 2.12. The van der Waals surface area contributed by atoms with Crippen molar-refractivity contribution in [1.29, 1.82) is 0 Å². The van der Waals surface area contributed by atoms with Crippen LogP contribution in [-0.2, 0) is 18.2 Å². The van der Waals surface area contributed by atoms with Crippen molar-refractivity contribution in [2.24, 2.45) is 18.4 Å². The van der Waals surface area contributed by atoms with E-state index in [1.165, 1.54) is 12.1 Å². The molecule has 1 aromatic heterocycles. The van der Waals surface area contributed by atoms with Crippen molar-refractivity contribution < 1.29 is 4.74 Å². The smallest absolute Gasteiger partial charge is 0.0738 e. The molecule has 4 nitrogen and oxygen atoms in total. The van der Waals surface area contributed by atoms with Crippen LogP contribution in [-0.4, -0.2) is 36.1 Å². The van der Waals surface area contributed by atoms with Crippen LogP contribution in [0, 0.1) is 18.3 Å². The lowest BCUT2D eigenvalue weighted by atomic mass is 9.78. The minimum Gasteiger partial charge on any atom is -0.381 e. The molecule has 1 aliphatic heterocycles. The molecule has 1 fully saturated rings. The second-order valence-corrected chi connectivity index (χ2v) is 7.62. The molecule has 120 valence electrons. The monoisotopic (exact) mass is 357 g/mol. The van der Waals surface area contributed by atoms with Gasteiger partial charge in [0.25, 0.3) is 0 Å². The van der Waals surface area contributed by atoms with Gasteiger partial charge in [0, 0.05) is 25.6 Å². The highest BCUT2D eigenvalue weighted by atomic mass is 79.9. The first kappa shape index (κ1) is 17.0. The van der Waals surface area contributed by atoms with Gasteiger partial charge in [-0.25, -0.2) is 0 Å². The van der Waals surface area contributed by atoms with Crippen LogP contribution in [0.25, 0.3) is 0 Å². The fourth-order valence-electron chi connectivity index (χ4n) is 3.10. The van der Waals surface area contributed by atoms with E-state index in [1.54, 1.807) is 0 Å². The molecule has 2 rings (SSSR count). The van der Waals surface area contributed by atoms with Gasteiger partial charge in [0.05, 0.1) is 22.5 Å². The van der Waals surface area contributed by atoms with E-state index in [0.29, 0.717) is 5.92 Å². The fourth-order valence-corrected chi connectivity index (χ4v) is 3.58. The number of halogens is 1. The van der Waals surface area contributed by atoms with E-state index >= 15 is 0 Å². The van der Waals surface area contributed by atoms with Gasteiger partial charge in [-0.1, -0.05) is 13.8 Å². The van der Waals surface area contributed by atoms with Gasteiger partial charge in [0.1, 0.15) is 0 Å². The fraction of sp³-hybridized carbons (Fsp3) is 0.812. The van der Waals surface area contributed by atoms with E-state index < -0.39 is 0 Å². The lowest BCUT2D eigenvalue weighted by Crippen LogP contribution is -2.44. The summed E-state index contributed by atoms with van der Waals surface area (Å²) >= 11 is 3.70. The van der Waals surface area contributed by atoms with Gasteiger partial charge >= 0.3 is 0 Å². The molecule has 0 amide bonds. The molecule has 5 heteroatoms. The summed E-state index contributed by atoms with van der Waals surface area (Å²) in [6, 6.07) is 0. The van der Waals surface area contributed by atoms with Gasteiger partial charge in [-0.3, -0.25) is 4.68 Å². The minimum atomic E-state index is 0.190. The Morgan fingerprint density at radius 1 is 1.48 bits per heavy atom. The number of aryl methyl sites for hydroxylation is 2. The number of hydrogen-bond donors (Lipinski definition) is 1. The summed E-state index contributed by atoms with van der Waals surface area (Å²) in [7, 11) is 2.03. The Morgan fingerprint density at radius 3 is 2.76 bits per heavy atom. The number of ether oxygens (including phenoxy) is 1. The third-order valence-electron chi connectivity index (χ3n) is 4.26. The number of nitrogens with zero attached hydrogens (tertiary/aromatic N) is 2. The molecule has 0 radical (unpaired) electrons. The molecule has 1 N–H and O–H groups in total. The van der Waals surface area contributed by atoms with Gasteiger partial charge < -0.3 is 10.1 Å². The van der Waals surface area contributed by atoms with Crippen molar-refractivity contribution >= 4 is 15.9 Å². The van der Waals surface area contributed by atoms with E-state index in [9.17, 15) is 0 Å². The van der Waals surface area contributed by atoms with Crippen LogP contribution in [0.15, 0.2) is 4.47 Å². The van der Waals surface area contributed by atoms with E-state index in [0.717, 1.165) is 49.3 Å². The summed E-state index contributed by atoms with van der Waals surface area (Å²) in [5, 5.41) is 8.16. The first-order valence-electron chi connectivity index (χ1n) is 7.90. The molecule has 0 bridgehead atoms. The predicted octanol–water partition coefficient (Wildman–Crippen LogP) is 3.08. The summed E-state index contributed by atoms with van der Waals surface area (Å²) in [5.74, 6) is 0.678. The Bertz CT molecular complexity index is 464. The van der Waals surface area contributed by atoms with Crippen LogP contribution in [0.1, 0.15) is 38.1 Å². The number of aromatic nitrogens is 2. The summed E-state index contributed by atoms with van der Waals surface area (Å²) in [6.07, 6.45) is 3.38. The summed E-state index contributed by atoms with van der Waals surface area (Å²) in [6.45, 7) is 10.4. The molecular weight excluding hydrogens is 330 g/mol. The molecule has 0 saturated carbocycles. The Kier molecular flexibility index (Phi) is 5.86. The largest absolute Gasteiger partial charge is 0.381 e. The topological polar surface area (TPSA) is 39.1 Å². The molecule has 0 aliphatic carbocycles. The number of hydrogen-bond acceptors (Lipinski definition) is 3. The number of nitrogens with one attached hydrogen (secondary N) is 1. The van der Waals surface area contributed by atoms with Crippen LogP contribution in [0.2, 0.25) is 0 Å². The molecule has 1 unspecified atom stereocenters.